The molecule has 1 aliphatic rings. The highest BCUT2D eigenvalue weighted by molar-refractivity contribution is 7.91. The van der Waals surface area contributed by atoms with E-state index in [0.29, 0.717) is 12.1 Å². The smallest absolute Gasteiger partial charge is 0.272 e. The van der Waals surface area contributed by atoms with Gasteiger partial charge in [-0.2, -0.15) is 5.10 Å². The van der Waals surface area contributed by atoms with Crippen molar-refractivity contribution in [3.05, 3.63) is 17.5 Å². The summed E-state index contributed by atoms with van der Waals surface area (Å²) in [7, 11) is -2.97. The van der Waals surface area contributed by atoms with Gasteiger partial charge in [0.25, 0.3) is 5.91 Å². The van der Waals surface area contributed by atoms with Crippen LogP contribution >= 0.6 is 0 Å². The standard InChI is InChI=1S/C11H17N3O3S/c1-7(2)9-5-10(14-13-9)11(15)12-8-3-4-18(16,17)6-8/h5,7-8H,3-4,6H2,1-2H3,(H,12,15)(H,13,14). The van der Waals surface area contributed by atoms with E-state index in [0.717, 1.165) is 5.69 Å². The first-order chi connectivity index (χ1) is 8.37. The Hall–Kier alpha value is -1.37. The van der Waals surface area contributed by atoms with Crippen molar-refractivity contribution < 1.29 is 13.2 Å². The van der Waals surface area contributed by atoms with Gasteiger partial charge in [-0.25, -0.2) is 8.42 Å². The van der Waals surface area contributed by atoms with Crippen LogP contribution in [-0.4, -0.2) is 42.1 Å². The van der Waals surface area contributed by atoms with Gasteiger partial charge < -0.3 is 5.32 Å². The van der Waals surface area contributed by atoms with Gasteiger partial charge in [0.2, 0.25) is 0 Å². The highest BCUT2D eigenvalue weighted by Crippen LogP contribution is 2.14. The van der Waals surface area contributed by atoms with E-state index in [1.54, 1.807) is 6.07 Å². The molecule has 18 heavy (non-hydrogen) atoms. The second kappa shape index (κ2) is 4.72. The van der Waals surface area contributed by atoms with E-state index < -0.39 is 9.84 Å². The van der Waals surface area contributed by atoms with E-state index >= 15 is 0 Å². The average molecular weight is 271 g/mol. The van der Waals surface area contributed by atoms with E-state index in [2.05, 4.69) is 15.5 Å². The number of carbonyl (C=O) groups excluding carboxylic acids is 1. The lowest BCUT2D eigenvalue weighted by Crippen LogP contribution is -2.35. The van der Waals surface area contributed by atoms with Crippen LogP contribution in [0.2, 0.25) is 0 Å². The number of nitrogens with zero attached hydrogens (tertiary/aromatic N) is 1. The maximum absolute atomic E-state index is 11.9. The summed E-state index contributed by atoms with van der Waals surface area (Å²) in [6.07, 6.45) is 0.482. The Morgan fingerprint density at radius 2 is 2.28 bits per heavy atom. The average Bonchev–Trinajstić information content (AvgIpc) is 2.85. The Balaban J connectivity index is 2.00. The molecule has 1 unspecified atom stereocenters. The summed E-state index contributed by atoms with van der Waals surface area (Å²) in [5, 5.41) is 9.43. The zero-order chi connectivity index (χ0) is 13.3. The van der Waals surface area contributed by atoms with Crippen molar-refractivity contribution in [3.8, 4) is 0 Å². The molecule has 1 amide bonds. The summed E-state index contributed by atoms with van der Waals surface area (Å²) in [5.74, 6) is 0.127. The van der Waals surface area contributed by atoms with Crippen LogP contribution in [0, 0.1) is 0 Å². The van der Waals surface area contributed by atoms with Crippen molar-refractivity contribution in [2.24, 2.45) is 0 Å². The topological polar surface area (TPSA) is 91.9 Å². The highest BCUT2D eigenvalue weighted by Gasteiger charge is 2.29. The number of amides is 1. The molecule has 2 rings (SSSR count). The molecule has 100 valence electrons. The Morgan fingerprint density at radius 3 is 2.78 bits per heavy atom. The molecule has 0 aromatic carbocycles. The maximum atomic E-state index is 11.9. The van der Waals surface area contributed by atoms with E-state index in [1.165, 1.54) is 0 Å². The van der Waals surface area contributed by atoms with E-state index in [9.17, 15) is 13.2 Å². The summed E-state index contributed by atoms with van der Waals surface area (Å²) in [6.45, 7) is 4.00. The summed E-state index contributed by atoms with van der Waals surface area (Å²) < 4.78 is 22.6. The van der Waals surface area contributed by atoms with E-state index in [4.69, 9.17) is 0 Å². The molecule has 1 aromatic heterocycles. The Bertz CT molecular complexity index is 548. The number of carbonyl (C=O) groups is 1. The number of nitrogens with one attached hydrogen (secondary N) is 2. The van der Waals surface area contributed by atoms with E-state index in [1.807, 2.05) is 13.8 Å². The lowest BCUT2D eigenvalue weighted by atomic mass is 10.1. The molecule has 1 aliphatic heterocycles. The van der Waals surface area contributed by atoms with Gasteiger partial charge in [-0.15, -0.1) is 0 Å². The minimum Gasteiger partial charge on any atom is -0.347 e. The molecule has 0 spiro atoms. The quantitative estimate of drug-likeness (QED) is 0.835. The molecular weight excluding hydrogens is 254 g/mol. The lowest BCUT2D eigenvalue weighted by Gasteiger charge is -2.08. The maximum Gasteiger partial charge on any atom is 0.272 e. The first-order valence-electron chi connectivity index (χ1n) is 5.94. The second-order valence-electron chi connectivity index (χ2n) is 4.94. The van der Waals surface area contributed by atoms with Crippen LogP contribution < -0.4 is 5.32 Å². The Kier molecular flexibility index (Phi) is 3.43. The summed E-state index contributed by atoms with van der Waals surface area (Å²) in [5.41, 5.74) is 1.20. The van der Waals surface area contributed by atoms with Crippen LogP contribution in [-0.2, 0) is 9.84 Å². The summed E-state index contributed by atoms with van der Waals surface area (Å²) in [6, 6.07) is 1.41. The van der Waals surface area contributed by atoms with Crippen LogP contribution in [0.15, 0.2) is 6.07 Å². The minimum atomic E-state index is -2.97. The normalized spacial score (nSPS) is 22.3. The highest BCUT2D eigenvalue weighted by atomic mass is 32.2. The zero-order valence-corrected chi connectivity index (χ0v) is 11.3. The van der Waals surface area contributed by atoms with Crippen molar-refractivity contribution in [2.45, 2.75) is 32.2 Å². The van der Waals surface area contributed by atoms with Crippen LogP contribution in [0.5, 0.6) is 0 Å². The number of hydrogen-bond donors (Lipinski definition) is 2. The molecule has 0 bridgehead atoms. The van der Waals surface area contributed by atoms with E-state index in [-0.39, 0.29) is 29.4 Å². The summed E-state index contributed by atoms with van der Waals surface area (Å²) in [4.78, 5) is 11.9. The molecule has 0 saturated carbocycles. The van der Waals surface area contributed by atoms with Crippen LogP contribution in [0.3, 0.4) is 0 Å². The number of sulfone groups is 1. The molecule has 2 N–H and O–H groups in total. The monoisotopic (exact) mass is 271 g/mol. The van der Waals surface area contributed by atoms with Gasteiger partial charge >= 0.3 is 0 Å². The van der Waals surface area contributed by atoms with Crippen molar-refractivity contribution in [1.29, 1.82) is 0 Å². The third-order valence-corrected chi connectivity index (χ3v) is 4.79. The molecule has 7 heteroatoms. The first-order valence-corrected chi connectivity index (χ1v) is 7.76. The fraction of sp³-hybridized carbons (Fsp3) is 0.636. The van der Waals surface area contributed by atoms with Gasteiger partial charge in [-0.05, 0) is 18.4 Å². The molecule has 2 heterocycles. The molecule has 1 atom stereocenters. The van der Waals surface area contributed by atoms with Gasteiger partial charge in [0.1, 0.15) is 5.69 Å². The Labute approximate surface area is 106 Å². The van der Waals surface area contributed by atoms with Gasteiger partial charge in [0, 0.05) is 11.7 Å². The van der Waals surface area contributed by atoms with Gasteiger partial charge in [0.15, 0.2) is 9.84 Å². The number of aromatic amines is 1. The number of hydrogen-bond acceptors (Lipinski definition) is 4. The predicted octanol–water partition coefficient (Wildman–Crippen LogP) is 0.450. The number of H-pyrrole nitrogens is 1. The van der Waals surface area contributed by atoms with Crippen molar-refractivity contribution >= 4 is 15.7 Å². The first kappa shape index (κ1) is 13.1. The fourth-order valence-electron chi connectivity index (χ4n) is 1.92. The zero-order valence-electron chi connectivity index (χ0n) is 10.4. The molecule has 0 radical (unpaired) electrons. The largest absolute Gasteiger partial charge is 0.347 e. The predicted molar refractivity (Wildman–Crippen MR) is 67.2 cm³/mol. The van der Waals surface area contributed by atoms with Gasteiger partial charge in [0.05, 0.1) is 11.5 Å². The number of aromatic nitrogens is 2. The summed E-state index contributed by atoms with van der Waals surface area (Å²) >= 11 is 0. The molecule has 1 fully saturated rings. The molecular formula is C11H17N3O3S. The minimum absolute atomic E-state index is 0.0280. The van der Waals surface area contributed by atoms with Crippen molar-refractivity contribution in [2.75, 3.05) is 11.5 Å². The lowest BCUT2D eigenvalue weighted by molar-refractivity contribution is 0.0936. The van der Waals surface area contributed by atoms with Crippen LogP contribution in [0.1, 0.15) is 42.4 Å². The third kappa shape index (κ3) is 2.90. The molecule has 6 nitrogen and oxygen atoms in total. The van der Waals surface area contributed by atoms with Crippen LogP contribution in [0.25, 0.3) is 0 Å². The second-order valence-corrected chi connectivity index (χ2v) is 7.17. The molecule has 1 aromatic rings. The van der Waals surface area contributed by atoms with Crippen molar-refractivity contribution in [3.63, 3.8) is 0 Å². The van der Waals surface area contributed by atoms with Crippen LogP contribution in [0.4, 0.5) is 0 Å². The SMILES string of the molecule is CC(C)c1cc(C(=O)NC2CCS(=O)(=O)C2)n[nH]1. The van der Waals surface area contributed by atoms with Crippen molar-refractivity contribution in [1.82, 2.24) is 15.5 Å². The van der Waals surface area contributed by atoms with Gasteiger partial charge in [-0.3, -0.25) is 9.89 Å². The molecule has 1 saturated heterocycles. The van der Waals surface area contributed by atoms with Gasteiger partial charge in [-0.1, -0.05) is 13.8 Å². The fourth-order valence-corrected chi connectivity index (χ4v) is 3.59. The molecule has 0 aliphatic carbocycles. The number of rotatable bonds is 3. The third-order valence-electron chi connectivity index (χ3n) is 3.02. The Morgan fingerprint density at radius 1 is 1.56 bits per heavy atom.